The largest absolute Gasteiger partial charge is 0.477 e. The number of hydrogen-bond donors (Lipinski definition) is 1. The lowest BCUT2D eigenvalue weighted by atomic mass is 9.82. The predicted molar refractivity (Wildman–Crippen MR) is 114 cm³/mol. The predicted octanol–water partition coefficient (Wildman–Crippen LogP) is 4.88. The van der Waals surface area contributed by atoms with Crippen molar-refractivity contribution >= 4 is 28.7 Å². The number of nitrogens with zero attached hydrogens (tertiary/aromatic N) is 3. The number of carbonyl (C=O) groups excluding carboxylic acids is 1. The van der Waals surface area contributed by atoms with Crippen molar-refractivity contribution in [1.82, 2.24) is 9.78 Å². The Hall–Kier alpha value is -3.09. The lowest BCUT2D eigenvalue weighted by Gasteiger charge is -2.32. The summed E-state index contributed by atoms with van der Waals surface area (Å²) in [5, 5.41) is 15.3. The van der Waals surface area contributed by atoms with Gasteiger partial charge in [0.1, 0.15) is 11.1 Å². The van der Waals surface area contributed by atoms with E-state index in [2.05, 4.69) is 12.0 Å². The summed E-state index contributed by atoms with van der Waals surface area (Å²) in [5.74, 6) is -0.403. The summed E-state index contributed by atoms with van der Waals surface area (Å²) in [4.78, 5) is 26.9. The lowest BCUT2D eigenvalue weighted by Crippen LogP contribution is -2.43. The molecular formula is C23H27N3O4. The molecule has 2 aromatic heterocycles. The van der Waals surface area contributed by atoms with Gasteiger partial charge in [0.25, 0.3) is 0 Å². The van der Waals surface area contributed by atoms with Gasteiger partial charge in [-0.3, -0.25) is 9.69 Å². The standard InChI is InChI=1S/C23H27N3O4/c1-14(2)26(22(27)17-6-4-15(3)5-7-17)21-19(23(28)29)13-25(24-21)18-9-8-16-10-11-30-20(16)12-18/h8-15,17H,4-7H2,1-3H3,(H,28,29)/t15-,17-. The van der Waals surface area contributed by atoms with Gasteiger partial charge in [0.2, 0.25) is 5.91 Å². The molecule has 7 nitrogen and oxygen atoms in total. The zero-order chi connectivity index (χ0) is 21.4. The van der Waals surface area contributed by atoms with Crippen molar-refractivity contribution in [2.75, 3.05) is 4.90 Å². The zero-order valence-electron chi connectivity index (χ0n) is 17.5. The first kappa shape index (κ1) is 20.2. The van der Waals surface area contributed by atoms with Crippen molar-refractivity contribution in [3.8, 4) is 5.69 Å². The molecule has 0 aliphatic heterocycles. The Morgan fingerprint density at radius 2 is 1.93 bits per heavy atom. The quantitative estimate of drug-likeness (QED) is 0.648. The van der Waals surface area contributed by atoms with E-state index in [0.717, 1.165) is 31.1 Å². The van der Waals surface area contributed by atoms with E-state index in [1.54, 1.807) is 11.2 Å². The summed E-state index contributed by atoms with van der Waals surface area (Å²) in [6, 6.07) is 7.21. The molecule has 1 aliphatic carbocycles. The second-order valence-corrected chi connectivity index (χ2v) is 8.52. The average molecular weight is 409 g/mol. The summed E-state index contributed by atoms with van der Waals surface area (Å²) in [5.41, 5.74) is 1.38. The Labute approximate surface area is 175 Å². The molecule has 0 bridgehead atoms. The van der Waals surface area contributed by atoms with E-state index in [9.17, 15) is 14.7 Å². The monoisotopic (exact) mass is 409 g/mol. The maximum Gasteiger partial charge on any atom is 0.341 e. The molecule has 2 heterocycles. The maximum atomic E-state index is 13.4. The van der Waals surface area contributed by atoms with Gasteiger partial charge in [0.05, 0.1) is 12.0 Å². The van der Waals surface area contributed by atoms with Gasteiger partial charge < -0.3 is 9.52 Å². The number of benzene rings is 1. The van der Waals surface area contributed by atoms with Crippen LogP contribution in [-0.4, -0.2) is 32.8 Å². The fourth-order valence-corrected chi connectivity index (χ4v) is 4.22. The van der Waals surface area contributed by atoms with E-state index in [4.69, 9.17) is 4.42 Å². The number of furan rings is 1. The molecule has 7 heteroatoms. The first-order valence-corrected chi connectivity index (χ1v) is 10.5. The van der Waals surface area contributed by atoms with Crippen molar-refractivity contribution in [2.24, 2.45) is 11.8 Å². The first-order chi connectivity index (χ1) is 14.3. The highest BCUT2D eigenvalue weighted by Crippen LogP contribution is 2.33. The van der Waals surface area contributed by atoms with E-state index in [1.807, 2.05) is 38.1 Å². The highest BCUT2D eigenvalue weighted by atomic mass is 16.4. The third-order valence-corrected chi connectivity index (χ3v) is 5.98. The number of aromatic nitrogens is 2. The zero-order valence-corrected chi connectivity index (χ0v) is 17.5. The Morgan fingerprint density at radius 3 is 2.60 bits per heavy atom. The number of carboxylic acid groups (broad SMARTS) is 1. The Bertz CT molecular complexity index is 1070. The number of hydrogen-bond acceptors (Lipinski definition) is 4. The molecule has 1 N–H and O–H groups in total. The summed E-state index contributed by atoms with van der Waals surface area (Å²) >= 11 is 0. The molecule has 0 unspecified atom stereocenters. The number of rotatable bonds is 5. The van der Waals surface area contributed by atoms with Crippen molar-refractivity contribution in [3.63, 3.8) is 0 Å². The molecule has 1 aromatic carbocycles. The van der Waals surface area contributed by atoms with E-state index in [0.29, 0.717) is 17.2 Å². The smallest absolute Gasteiger partial charge is 0.341 e. The lowest BCUT2D eigenvalue weighted by molar-refractivity contribution is -0.123. The molecule has 1 saturated carbocycles. The molecule has 0 radical (unpaired) electrons. The van der Waals surface area contributed by atoms with Gasteiger partial charge in [0.15, 0.2) is 5.82 Å². The molecule has 0 atom stereocenters. The SMILES string of the molecule is CC(C)N(c1nn(-c2ccc3ccoc3c2)cc1C(=O)O)C(=O)[C@H]1CC[C@H](C)CC1. The number of aromatic carboxylic acids is 1. The Balaban J connectivity index is 1.73. The highest BCUT2D eigenvalue weighted by Gasteiger charge is 2.34. The van der Waals surface area contributed by atoms with Crippen LogP contribution in [0, 0.1) is 11.8 Å². The van der Waals surface area contributed by atoms with Crippen LogP contribution in [0.5, 0.6) is 0 Å². The number of fused-ring (bicyclic) bond motifs is 1. The van der Waals surface area contributed by atoms with Crippen LogP contribution >= 0.6 is 0 Å². The summed E-state index contributed by atoms with van der Waals surface area (Å²) in [6.45, 7) is 5.99. The van der Waals surface area contributed by atoms with Crippen LogP contribution in [-0.2, 0) is 4.79 Å². The molecule has 1 amide bonds. The maximum absolute atomic E-state index is 13.4. The molecule has 0 saturated heterocycles. The van der Waals surface area contributed by atoms with Crippen LogP contribution in [0.3, 0.4) is 0 Å². The fraction of sp³-hybridized carbons (Fsp3) is 0.435. The minimum absolute atomic E-state index is 0.0146. The van der Waals surface area contributed by atoms with E-state index >= 15 is 0 Å². The minimum atomic E-state index is -1.11. The summed E-state index contributed by atoms with van der Waals surface area (Å²) < 4.78 is 6.96. The number of amides is 1. The number of anilines is 1. The van der Waals surface area contributed by atoms with Crippen LogP contribution < -0.4 is 4.90 Å². The molecular weight excluding hydrogens is 382 g/mol. The normalized spacial score (nSPS) is 19.3. The van der Waals surface area contributed by atoms with Crippen LogP contribution in [0.25, 0.3) is 16.7 Å². The minimum Gasteiger partial charge on any atom is -0.477 e. The first-order valence-electron chi connectivity index (χ1n) is 10.5. The van der Waals surface area contributed by atoms with Gasteiger partial charge in [-0.05, 0) is 63.6 Å². The molecule has 0 spiro atoms. The van der Waals surface area contributed by atoms with Crippen LogP contribution in [0.15, 0.2) is 41.1 Å². The third kappa shape index (κ3) is 3.72. The third-order valence-electron chi connectivity index (χ3n) is 5.98. The molecule has 158 valence electrons. The molecule has 4 rings (SSSR count). The summed E-state index contributed by atoms with van der Waals surface area (Å²) in [6.07, 6.45) is 6.78. The van der Waals surface area contributed by atoms with Crippen LogP contribution in [0.4, 0.5) is 5.82 Å². The van der Waals surface area contributed by atoms with Gasteiger partial charge in [-0.15, -0.1) is 5.10 Å². The van der Waals surface area contributed by atoms with E-state index in [-0.39, 0.29) is 29.2 Å². The van der Waals surface area contributed by atoms with Crippen molar-refractivity contribution in [3.05, 3.63) is 42.3 Å². The van der Waals surface area contributed by atoms with Gasteiger partial charge >= 0.3 is 5.97 Å². The van der Waals surface area contributed by atoms with E-state index in [1.165, 1.54) is 10.9 Å². The second kappa shape index (κ2) is 7.97. The topological polar surface area (TPSA) is 88.6 Å². The Kier molecular flexibility index (Phi) is 5.37. The van der Waals surface area contributed by atoms with Gasteiger partial charge in [-0.1, -0.05) is 6.92 Å². The summed E-state index contributed by atoms with van der Waals surface area (Å²) in [7, 11) is 0. The second-order valence-electron chi connectivity index (χ2n) is 8.52. The van der Waals surface area contributed by atoms with Gasteiger partial charge in [0, 0.05) is 29.6 Å². The molecule has 1 fully saturated rings. The van der Waals surface area contributed by atoms with Crippen LogP contribution in [0.2, 0.25) is 0 Å². The highest BCUT2D eigenvalue weighted by molar-refractivity contribution is 6.01. The molecule has 3 aromatic rings. The molecule has 1 aliphatic rings. The van der Waals surface area contributed by atoms with E-state index < -0.39 is 5.97 Å². The number of carboxylic acids is 1. The average Bonchev–Trinajstić information content (AvgIpc) is 3.35. The van der Waals surface area contributed by atoms with Crippen LogP contribution in [0.1, 0.15) is 56.8 Å². The van der Waals surface area contributed by atoms with Gasteiger partial charge in [-0.2, -0.15) is 0 Å². The van der Waals surface area contributed by atoms with Crippen molar-refractivity contribution < 1.29 is 19.1 Å². The van der Waals surface area contributed by atoms with Gasteiger partial charge in [-0.25, -0.2) is 9.48 Å². The molecule has 30 heavy (non-hydrogen) atoms. The Morgan fingerprint density at radius 1 is 1.20 bits per heavy atom. The number of carbonyl (C=O) groups is 2. The fourth-order valence-electron chi connectivity index (χ4n) is 4.22. The van der Waals surface area contributed by atoms with Crippen molar-refractivity contribution in [1.29, 1.82) is 0 Å². The van der Waals surface area contributed by atoms with Crippen molar-refractivity contribution in [2.45, 2.75) is 52.5 Å².